The van der Waals surface area contributed by atoms with Crippen LogP contribution in [0.4, 0.5) is 0 Å². The summed E-state index contributed by atoms with van der Waals surface area (Å²) < 4.78 is 0.900. The monoisotopic (exact) mass is 336 g/mol. The third-order valence-corrected chi connectivity index (χ3v) is 4.91. The molecule has 2 aliphatic rings. The van der Waals surface area contributed by atoms with Crippen LogP contribution in [0.3, 0.4) is 0 Å². The van der Waals surface area contributed by atoms with E-state index in [-0.39, 0.29) is 5.78 Å². The van der Waals surface area contributed by atoms with E-state index in [4.69, 9.17) is 0 Å². The summed E-state index contributed by atoms with van der Waals surface area (Å²) in [5.74, 6) is 1.18. The Morgan fingerprint density at radius 1 is 1.10 bits per heavy atom. The first kappa shape index (κ1) is 14.2. The van der Waals surface area contributed by atoms with Crippen LogP contribution < -0.4 is 0 Å². The fraction of sp³-hybridized carbons (Fsp3) is 0.562. The topological polar surface area (TPSA) is 23.6 Å². The molecular weight excluding hydrogens is 316 g/mol. The Balaban J connectivity index is 1.49. The molecule has 20 heavy (non-hydrogen) atoms. The molecule has 1 saturated carbocycles. The predicted octanol–water partition coefficient (Wildman–Crippen LogP) is 2.66. The Morgan fingerprint density at radius 3 is 2.40 bits per heavy atom. The number of piperazine rings is 1. The first-order chi connectivity index (χ1) is 9.72. The average Bonchev–Trinajstić information content (AvgIpc) is 3.25. The normalized spacial score (nSPS) is 21.1. The van der Waals surface area contributed by atoms with Gasteiger partial charge >= 0.3 is 0 Å². The number of hydrogen-bond acceptors (Lipinski definition) is 3. The number of Topliss-reactive ketones (excluding diaryl/α,β-unsaturated/α-hetero) is 1. The molecule has 0 spiro atoms. The number of benzene rings is 1. The molecule has 0 amide bonds. The van der Waals surface area contributed by atoms with Crippen LogP contribution in [0.1, 0.15) is 23.2 Å². The van der Waals surface area contributed by atoms with Gasteiger partial charge in [0, 0.05) is 42.8 Å². The minimum Gasteiger partial charge on any atom is -0.301 e. The summed E-state index contributed by atoms with van der Waals surface area (Å²) in [5, 5.41) is 0. The molecule has 0 bridgehead atoms. The van der Waals surface area contributed by atoms with E-state index in [9.17, 15) is 4.79 Å². The molecule has 0 aromatic heterocycles. The van der Waals surface area contributed by atoms with Gasteiger partial charge in [-0.25, -0.2) is 0 Å². The molecule has 3 rings (SSSR count). The molecule has 1 saturated heterocycles. The molecule has 0 unspecified atom stereocenters. The first-order valence-electron chi connectivity index (χ1n) is 7.45. The van der Waals surface area contributed by atoms with E-state index in [2.05, 4.69) is 25.7 Å². The van der Waals surface area contributed by atoms with Gasteiger partial charge in [0.1, 0.15) is 0 Å². The number of nitrogens with zero attached hydrogens (tertiary/aromatic N) is 2. The number of carbonyl (C=O) groups excluding carboxylic acids is 1. The van der Waals surface area contributed by atoms with Crippen molar-refractivity contribution in [1.29, 1.82) is 0 Å². The van der Waals surface area contributed by atoms with Gasteiger partial charge in [-0.15, -0.1) is 0 Å². The van der Waals surface area contributed by atoms with E-state index in [1.165, 1.54) is 19.4 Å². The SMILES string of the molecule is O=C(CN1CCN(CC2CC2)CC1)c1ccccc1Br. The summed E-state index contributed by atoms with van der Waals surface area (Å²) in [5.41, 5.74) is 0.799. The van der Waals surface area contributed by atoms with Crippen LogP contribution in [0.2, 0.25) is 0 Å². The van der Waals surface area contributed by atoms with Crippen LogP contribution in [-0.2, 0) is 0 Å². The molecule has 1 aliphatic carbocycles. The molecule has 0 N–H and O–H groups in total. The molecule has 4 heteroatoms. The Hall–Kier alpha value is -0.710. The van der Waals surface area contributed by atoms with Crippen molar-refractivity contribution >= 4 is 21.7 Å². The smallest absolute Gasteiger partial charge is 0.177 e. The summed E-state index contributed by atoms with van der Waals surface area (Å²) in [6.07, 6.45) is 2.83. The van der Waals surface area contributed by atoms with Crippen LogP contribution in [-0.4, -0.2) is 54.9 Å². The van der Waals surface area contributed by atoms with Crippen LogP contribution in [0, 0.1) is 5.92 Å². The maximum atomic E-state index is 12.3. The van der Waals surface area contributed by atoms with E-state index in [1.54, 1.807) is 0 Å². The van der Waals surface area contributed by atoms with Gasteiger partial charge in [0.2, 0.25) is 0 Å². The molecule has 0 atom stereocenters. The van der Waals surface area contributed by atoms with Gasteiger partial charge in [0.25, 0.3) is 0 Å². The Labute approximate surface area is 129 Å². The third-order valence-electron chi connectivity index (χ3n) is 4.22. The van der Waals surface area contributed by atoms with E-state index in [0.717, 1.165) is 42.1 Å². The van der Waals surface area contributed by atoms with Crippen molar-refractivity contribution in [1.82, 2.24) is 9.80 Å². The molecule has 1 aromatic rings. The molecule has 1 aliphatic heterocycles. The fourth-order valence-electron chi connectivity index (χ4n) is 2.77. The zero-order chi connectivity index (χ0) is 13.9. The van der Waals surface area contributed by atoms with Crippen molar-refractivity contribution in [2.45, 2.75) is 12.8 Å². The largest absolute Gasteiger partial charge is 0.301 e. The molecule has 1 heterocycles. The van der Waals surface area contributed by atoms with Crippen molar-refractivity contribution in [2.24, 2.45) is 5.92 Å². The lowest BCUT2D eigenvalue weighted by molar-refractivity contribution is 0.0846. The Bertz CT molecular complexity index is 479. The number of ketones is 1. The van der Waals surface area contributed by atoms with Gasteiger partial charge in [-0.05, 0) is 24.8 Å². The highest BCUT2D eigenvalue weighted by atomic mass is 79.9. The fourth-order valence-corrected chi connectivity index (χ4v) is 3.28. The highest BCUT2D eigenvalue weighted by molar-refractivity contribution is 9.10. The predicted molar refractivity (Wildman–Crippen MR) is 84.1 cm³/mol. The van der Waals surface area contributed by atoms with Crippen molar-refractivity contribution < 1.29 is 4.79 Å². The summed E-state index contributed by atoms with van der Waals surface area (Å²) >= 11 is 3.46. The third kappa shape index (κ3) is 3.68. The van der Waals surface area contributed by atoms with Crippen molar-refractivity contribution in [3.8, 4) is 0 Å². The van der Waals surface area contributed by atoms with Gasteiger partial charge in [0.15, 0.2) is 5.78 Å². The minimum atomic E-state index is 0.216. The molecule has 108 valence electrons. The first-order valence-corrected chi connectivity index (χ1v) is 8.24. The molecule has 3 nitrogen and oxygen atoms in total. The zero-order valence-corrected chi connectivity index (χ0v) is 13.3. The second-order valence-corrected chi connectivity index (χ2v) is 6.78. The van der Waals surface area contributed by atoms with Crippen LogP contribution in [0.25, 0.3) is 0 Å². The number of hydrogen-bond donors (Lipinski definition) is 0. The summed E-state index contributed by atoms with van der Waals surface area (Å²) in [6.45, 7) is 6.07. The summed E-state index contributed by atoms with van der Waals surface area (Å²) in [7, 11) is 0. The second kappa shape index (κ2) is 6.37. The Kier molecular flexibility index (Phi) is 4.54. The van der Waals surface area contributed by atoms with Crippen molar-refractivity contribution in [3.05, 3.63) is 34.3 Å². The molecule has 1 aromatic carbocycles. The van der Waals surface area contributed by atoms with Crippen LogP contribution in [0.5, 0.6) is 0 Å². The minimum absolute atomic E-state index is 0.216. The van der Waals surface area contributed by atoms with Crippen LogP contribution >= 0.6 is 15.9 Å². The number of carbonyl (C=O) groups is 1. The molecule has 0 radical (unpaired) electrons. The number of halogens is 1. The van der Waals surface area contributed by atoms with E-state index < -0.39 is 0 Å². The zero-order valence-electron chi connectivity index (χ0n) is 11.7. The van der Waals surface area contributed by atoms with Gasteiger partial charge in [-0.1, -0.05) is 34.1 Å². The van der Waals surface area contributed by atoms with E-state index in [0.29, 0.717) is 6.54 Å². The summed E-state index contributed by atoms with van der Waals surface area (Å²) in [6, 6.07) is 7.69. The van der Waals surface area contributed by atoms with Gasteiger partial charge in [-0.2, -0.15) is 0 Å². The Morgan fingerprint density at radius 2 is 1.75 bits per heavy atom. The molecular formula is C16H21BrN2O. The van der Waals surface area contributed by atoms with Gasteiger partial charge in [-0.3, -0.25) is 9.69 Å². The maximum Gasteiger partial charge on any atom is 0.177 e. The summed E-state index contributed by atoms with van der Waals surface area (Å²) in [4.78, 5) is 17.2. The quantitative estimate of drug-likeness (QED) is 0.772. The maximum absolute atomic E-state index is 12.3. The second-order valence-electron chi connectivity index (χ2n) is 5.92. The van der Waals surface area contributed by atoms with Gasteiger partial charge in [0.05, 0.1) is 6.54 Å². The van der Waals surface area contributed by atoms with Gasteiger partial charge < -0.3 is 4.90 Å². The van der Waals surface area contributed by atoms with Crippen molar-refractivity contribution in [2.75, 3.05) is 39.3 Å². The lowest BCUT2D eigenvalue weighted by atomic mass is 10.1. The molecule has 2 fully saturated rings. The van der Waals surface area contributed by atoms with Crippen molar-refractivity contribution in [3.63, 3.8) is 0 Å². The number of rotatable bonds is 5. The average molecular weight is 337 g/mol. The standard InChI is InChI=1S/C16H21BrN2O/c17-15-4-2-1-3-14(15)16(20)12-19-9-7-18(8-10-19)11-13-5-6-13/h1-4,13H,5-12H2. The van der Waals surface area contributed by atoms with E-state index >= 15 is 0 Å². The lowest BCUT2D eigenvalue weighted by Crippen LogP contribution is -2.48. The highest BCUT2D eigenvalue weighted by Gasteiger charge is 2.27. The van der Waals surface area contributed by atoms with Crippen LogP contribution in [0.15, 0.2) is 28.7 Å². The lowest BCUT2D eigenvalue weighted by Gasteiger charge is -2.34. The van der Waals surface area contributed by atoms with E-state index in [1.807, 2.05) is 24.3 Å². The highest BCUT2D eigenvalue weighted by Crippen LogP contribution is 2.29.